The minimum Gasteiger partial charge on any atom is -0.497 e. The molecule has 0 radical (unpaired) electrons. The highest BCUT2D eigenvalue weighted by atomic mass is 79.9. The van der Waals surface area contributed by atoms with Gasteiger partial charge in [0.1, 0.15) is 11.4 Å². The van der Waals surface area contributed by atoms with Crippen molar-refractivity contribution in [1.29, 1.82) is 0 Å². The van der Waals surface area contributed by atoms with Crippen molar-refractivity contribution in [1.82, 2.24) is 4.90 Å². The van der Waals surface area contributed by atoms with Gasteiger partial charge < -0.3 is 19.7 Å². The third kappa shape index (κ3) is 6.10. The molecule has 1 N–H and O–H groups in total. The fourth-order valence-electron chi connectivity index (χ4n) is 3.06. The fourth-order valence-corrected chi connectivity index (χ4v) is 3.53. The molecule has 0 spiro atoms. The molecule has 25 heavy (non-hydrogen) atoms. The average molecular weight is 413 g/mol. The summed E-state index contributed by atoms with van der Waals surface area (Å²) in [6.07, 6.45) is 1.88. The number of anilines is 1. The van der Waals surface area contributed by atoms with Gasteiger partial charge in [-0.3, -0.25) is 0 Å². The van der Waals surface area contributed by atoms with Gasteiger partial charge in [-0.05, 0) is 58.6 Å². The Balaban J connectivity index is 1.98. The number of hydrogen-bond acceptors (Lipinski definition) is 4. The number of rotatable bonds is 4. The molecule has 1 aromatic carbocycles. The summed E-state index contributed by atoms with van der Waals surface area (Å²) in [6.45, 7) is 9.35. The Bertz CT molecular complexity index is 601. The lowest BCUT2D eigenvalue weighted by molar-refractivity contribution is 0.0159. The summed E-state index contributed by atoms with van der Waals surface area (Å²) in [4.78, 5) is 14.2. The molecule has 1 fully saturated rings. The molecule has 6 heteroatoms. The summed E-state index contributed by atoms with van der Waals surface area (Å²) < 4.78 is 11.8. The SMILES string of the molecule is COc1cc(Br)cc(NC(C)C2CCCN(C(=O)OC(C)(C)C)C2)c1. The van der Waals surface area contributed by atoms with Crippen molar-refractivity contribution in [3.8, 4) is 5.75 Å². The monoisotopic (exact) mass is 412 g/mol. The Morgan fingerprint density at radius 2 is 2.08 bits per heavy atom. The van der Waals surface area contributed by atoms with E-state index < -0.39 is 5.60 Å². The number of benzene rings is 1. The van der Waals surface area contributed by atoms with E-state index in [1.54, 1.807) is 7.11 Å². The normalized spacial score (nSPS) is 19.3. The molecule has 1 aromatic rings. The number of halogens is 1. The van der Waals surface area contributed by atoms with Gasteiger partial charge in [-0.1, -0.05) is 15.9 Å². The quantitative estimate of drug-likeness (QED) is 0.763. The van der Waals surface area contributed by atoms with Gasteiger partial charge in [0, 0.05) is 35.4 Å². The number of piperidine rings is 1. The first-order valence-electron chi connectivity index (χ1n) is 8.77. The standard InChI is InChI=1S/C19H29BrN2O3/c1-13(21-16-9-15(20)10-17(11-16)24-5)14-7-6-8-22(12-14)18(23)25-19(2,3)4/h9-11,13-14,21H,6-8,12H2,1-5H3. The van der Waals surface area contributed by atoms with E-state index in [4.69, 9.17) is 9.47 Å². The van der Waals surface area contributed by atoms with Crippen LogP contribution in [0.3, 0.4) is 0 Å². The van der Waals surface area contributed by atoms with E-state index in [0.29, 0.717) is 12.5 Å². The number of hydrogen-bond donors (Lipinski definition) is 1. The number of nitrogens with zero attached hydrogens (tertiary/aromatic N) is 1. The predicted octanol–water partition coefficient (Wildman–Crippen LogP) is 4.91. The third-order valence-corrected chi connectivity index (χ3v) is 4.78. The first-order valence-corrected chi connectivity index (χ1v) is 9.56. The Hall–Kier alpha value is -1.43. The minimum absolute atomic E-state index is 0.214. The molecule has 2 rings (SSSR count). The van der Waals surface area contributed by atoms with Crippen LogP contribution >= 0.6 is 15.9 Å². The van der Waals surface area contributed by atoms with Crippen molar-refractivity contribution in [3.63, 3.8) is 0 Å². The van der Waals surface area contributed by atoms with E-state index >= 15 is 0 Å². The van der Waals surface area contributed by atoms with Crippen LogP contribution in [-0.4, -0.2) is 42.8 Å². The average Bonchev–Trinajstić information content (AvgIpc) is 2.52. The van der Waals surface area contributed by atoms with Crippen molar-refractivity contribution in [2.75, 3.05) is 25.5 Å². The van der Waals surface area contributed by atoms with Gasteiger partial charge in [-0.2, -0.15) is 0 Å². The van der Waals surface area contributed by atoms with Crippen molar-refractivity contribution < 1.29 is 14.3 Å². The van der Waals surface area contributed by atoms with E-state index in [1.165, 1.54) is 0 Å². The minimum atomic E-state index is -0.458. The number of nitrogens with one attached hydrogen (secondary N) is 1. The highest BCUT2D eigenvalue weighted by Gasteiger charge is 2.30. The summed E-state index contributed by atoms with van der Waals surface area (Å²) in [5.74, 6) is 1.19. The lowest BCUT2D eigenvalue weighted by Crippen LogP contribution is -2.46. The molecule has 0 aliphatic carbocycles. The fraction of sp³-hybridized carbons (Fsp3) is 0.632. The number of methoxy groups -OCH3 is 1. The summed E-state index contributed by atoms with van der Waals surface area (Å²) in [6, 6.07) is 6.19. The van der Waals surface area contributed by atoms with Crippen molar-refractivity contribution in [2.24, 2.45) is 5.92 Å². The van der Waals surface area contributed by atoms with Gasteiger partial charge in [0.15, 0.2) is 0 Å². The first kappa shape index (κ1) is 19.9. The van der Waals surface area contributed by atoms with Gasteiger partial charge in [0.25, 0.3) is 0 Å². The Labute approximate surface area is 159 Å². The van der Waals surface area contributed by atoms with Crippen molar-refractivity contribution >= 4 is 27.7 Å². The van der Waals surface area contributed by atoms with Crippen LogP contribution in [0.1, 0.15) is 40.5 Å². The number of carbonyl (C=O) groups excluding carboxylic acids is 1. The third-order valence-electron chi connectivity index (χ3n) is 4.32. The van der Waals surface area contributed by atoms with E-state index in [9.17, 15) is 4.79 Å². The molecule has 1 aliphatic rings. The van der Waals surface area contributed by atoms with Crippen LogP contribution in [0.5, 0.6) is 5.75 Å². The molecule has 0 aromatic heterocycles. The number of likely N-dealkylation sites (tertiary alicyclic amines) is 1. The summed E-state index contributed by atoms with van der Waals surface area (Å²) in [5, 5.41) is 3.55. The smallest absolute Gasteiger partial charge is 0.410 e. The zero-order chi connectivity index (χ0) is 18.6. The van der Waals surface area contributed by atoms with E-state index in [1.807, 2.05) is 43.9 Å². The highest BCUT2D eigenvalue weighted by Crippen LogP contribution is 2.28. The molecule has 0 saturated carbocycles. The van der Waals surface area contributed by atoms with Gasteiger partial charge in [-0.15, -0.1) is 0 Å². The lowest BCUT2D eigenvalue weighted by Gasteiger charge is -2.37. The zero-order valence-electron chi connectivity index (χ0n) is 15.8. The van der Waals surface area contributed by atoms with E-state index in [2.05, 4.69) is 28.2 Å². The van der Waals surface area contributed by atoms with Crippen LogP contribution in [0, 0.1) is 5.92 Å². The number of ether oxygens (including phenoxy) is 2. The molecule has 0 bridgehead atoms. The topological polar surface area (TPSA) is 50.8 Å². The maximum absolute atomic E-state index is 12.3. The molecule has 2 atom stereocenters. The molecule has 1 heterocycles. The molecular formula is C19H29BrN2O3. The van der Waals surface area contributed by atoms with Crippen LogP contribution in [-0.2, 0) is 4.74 Å². The van der Waals surface area contributed by atoms with Crippen LogP contribution in [0.25, 0.3) is 0 Å². The highest BCUT2D eigenvalue weighted by molar-refractivity contribution is 9.10. The number of carbonyl (C=O) groups is 1. The second-order valence-corrected chi connectivity index (χ2v) is 8.56. The number of amides is 1. The second-order valence-electron chi connectivity index (χ2n) is 7.64. The predicted molar refractivity (Wildman–Crippen MR) is 104 cm³/mol. The van der Waals surface area contributed by atoms with Gasteiger partial charge >= 0.3 is 6.09 Å². The first-order chi connectivity index (χ1) is 11.7. The molecule has 1 amide bonds. The maximum atomic E-state index is 12.3. The van der Waals surface area contributed by atoms with Gasteiger partial charge in [0.2, 0.25) is 0 Å². The largest absolute Gasteiger partial charge is 0.497 e. The van der Waals surface area contributed by atoms with E-state index in [0.717, 1.165) is 35.3 Å². The molecule has 5 nitrogen and oxygen atoms in total. The molecule has 1 saturated heterocycles. The molecule has 140 valence electrons. The molecular weight excluding hydrogens is 384 g/mol. The summed E-state index contributed by atoms with van der Waals surface area (Å²) in [7, 11) is 1.66. The molecule has 2 unspecified atom stereocenters. The van der Waals surface area contributed by atoms with Crippen LogP contribution in [0.4, 0.5) is 10.5 Å². The lowest BCUT2D eigenvalue weighted by atomic mass is 9.91. The van der Waals surface area contributed by atoms with Crippen LogP contribution in [0.2, 0.25) is 0 Å². The zero-order valence-corrected chi connectivity index (χ0v) is 17.4. The van der Waals surface area contributed by atoms with Crippen molar-refractivity contribution in [3.05, 3.63) is 22.7 Å². The van der Waals surface area contributed by atoms with Crippen molar-refractivity contribution in [2.45, 2.75) is 52.2 Å². The summed E-state index contributed by atoms with van der Waals surface area (Å²) >= 11 is 3.51. The maximum Gasteiger partial charge on any atom is 0.410 e. The van der Waals surface area contributed by atoms with Gasteiger partial charge in [-0.25, -0.2) is 4.79 Å². The molecule has 1 aliphatic heterocycles. The van der Waals surface area contributed by atoms with Crippen LogP contribution in [0.15, 0.2) is 22.7 Å². The Morgan fingerprint density at radius 3 is 2.72 bits per heavy atom. The Morgan fingerprint density at radius 1 is 1.36 bits per heavy atom. The second kappa shape index (κ2) is 8.30. The van der Waals surface area contributed by atoms with Gasteiger partial charge in [0.05, 0.1) is 7.11 Å². The van der Waals surface area contributed by atoms with Crippen LogP contribution < -0.4 is 10.1 Å². The summed E-state index contributed by atoms with van der Waals surface area (Å²) in [5.41, 5.74) is 0.550. The Kier molecular flexibility index (Phi) is 6.60. The van der Waals surface area contributed by atoms with E-state index in [-0.39, 0.29) is 12.1 Å².